The number of aryl methyl sites for hydroxylation is 1. The number of carbonyl (C=O) groups excluding carboxylic acids is 2. The molecule has 2 aliphatic heterocycles. The van der Waals surface area contributed by atoms with E-state index in [9.17, 15) is 9.59 Å². The highest BCUT2D eigenvalue weighted by Crippen LogP contribution is 2.43. The van der Waals surface area contributed by atoms with Crippen LogP contribution >= 0.6 is 0 Å². The van der Waals surface area contributed by atoms with Gasteiger partial charge in [0.25, 0.3) is 11.8 Å². The number of nitrogens with zero attached hydrogens (tertiary/aromatic N) is 4. The van der Waals surface area contributed by atoms with E-state index in [2.05, 4.69) is 19.0 Å². The Balaban J connectivity index is 1.55. The first-order valence-corrected chi connectivity index (χ1v) is 9.79. The molecule has 2 aromatic rings. The highest BCUT2D eigenvalue weighted by atomic mass is 16.2. The van der Waals surface area contributed by atoms with E-state index in [0.29, 0.717) is 32.1 Å². The van der Waals surface area contributed by atoms with E-state index >= 15 is 0 Å². The van der Waals surface area contributed by atoms with Crippen LogP contribution < -0.4 is 0 Å². The number of rotatable bonds is 4. The summed E-state index contributed by atoms with van der Waals surface area (Å²) in [5.41, 5.74) is 1.38. The van der Waals surface area contributed by atoms with Crippen LogP contribution in [-0.2, 0) is 7.05 Å². The highest BCUT2D eigenvalue weighted by Gasteiger charge is 2.54. The number of hydrogen-bond acceptors (Lipinski definition) is 3. The molecule has 0 N–H and O–H groups in total. The molecule has 6 nitrogen and oxygen atoms in total. The molecule has 1 aromatic heterocycles. The summed E-state index contributed by atoms with van der Waals surface area (Å²) >= 11 is 0. The molecule has 2 fully saturated rings. The van der Waals surface area contributed by atoms with E-state index in [4.69, 9.17) is 0 Å². The Morgan fingerprint density at radius 2 is 1.64 bits per heavy atom. The summed E-state index contributed by atoms with van der Waals surface area (Å²) in [7, 11) is 6.03. The van der Waals surface area contributed by atoms with Gasteiger partial charge in [0.05, 0.1) is 0 Å². The normalized spacial score (nSPS) is 24.1. The lowest BCUT2D eigenvalue weighted by atomic mass is 9.80. The van der Waals surface area contributed by atoms with Gasteiger partial charge in [0.2, 0.25) is 0 Å². The van der Waals surface area contributed by atoms with Crippen LogP contribution in [0, 0.1) is 11.3 Å². The smallest absolute Gasteiger partial charge is 0.270 e. The molecule has 0 bridgehead atoms. The molecule has 0 radical (unpaired) electrons. The summed E-state index contributed by atoms with van der Waals surface area (Å²) in [4.78, 5) is 32.2. The maximum atomic E-state index is 13.0. The summed E-state index contributed by atoms with van der Waals surface area (Å²) in [6.07, 6.45) is 1.90. The second-order valence-electron chi connectivity index (χ2n) is 8.54. The predicted octanol–water partition coefficient (Wildman–Crippen LogP) is 1.80. The van der Waals surface area contributed by atoms with E-state index in [0.717, 1.165) is 17.8 Å². The summed E-state index contributed by atoms with van der Waals surface area (Å²) in [6, 6.07) is 13.3. The Labute approximate surface area is 166 Å². The molecule has 0 spiro atoms. The second kappa shape index (κ2) is 7.09. The van der Waals surface area contributed by atoms with Gasteiger partial charge in [-0.25, -0.2) is 0 Å². The second-order valence-corrected chi connectivity index (χ2v) is 8.54. The minimum absolute atomic E-state index is 0.0746. The third-order valence-electron chi connectivity index (χ3n) is 6.15. The van der Waals surface area contributed by atoms with Crippen molar-refractivity contribution in [2.45, 2.75) is 0 Å². The van der Waals surface area contributed by atoms with Gasteiger partial charge in [0.1, 0.15) is 5.69 Å². The Morgan fingerprint density at radius 1 is 1.00 bits per heavy atom. The lowest BCUT2D eigenvalue weighted by Crippen LogP contribution is -2.44. The van der Waals surface area contributed by atoms with Gasteiger partial charge < -0.3 is 19.3 Å². The van der Waals surface area contributed by atoms with Crippen LogP contribution in [-0.4, -0.2) is 77.9 Å². The van der Waals surface area contributed by atoms with Crippen molar-refractivity contribution in [3.8, 4) is 0 Å². The van der Waals surface area contributed by atoms with Gasteiger partial charge in [0.15, 0.2) is 0 Å². The third kappa shape index (κ3) is 3.22. The summed E-state index contributed by atoms with van der Waals surface area (Å²) < 4.78 is 1.88. The number of aromatic nitrogens is 1. The van der Waals surface area contributed by atoms with Crippen molar-refractivity contribution in [2.24, 2.45) is 18.4 Å². The number of carbonyl (C=O) groups is 2. The first-order valence-electron chi connectivity index (χ1n) is 9.79. The van der Waals surface area contributed by atoms with E-state index in [-0.39, 0.29) is 17.2 Å². The number of hydrogen-bond donors (Lipinski definition) is 0. The summed E-state index contributed by atoms with van der Waals surface area (Å²) in [6.45, 7) is 3.67. The van der Waals surface area contributed by atoms with Crippen molar-refractivity contribution in [3.05, 3.63) is 59.9 Å². The van der Waals surface area contributed by atoms with E-state index in [1.807, 2.05) is 70.1 Å². The van der Waals surface area contributed by atoms with Gasteiger partial charge >= 0.3 is 0 Å². The lowest BCUT2D eigenvalue weighted by Gasteiger charge is -2.32. The molecule has 2 aliphatic rings. The van der Waals surface area contributed by atoms with E-state index < -0.39 is 0 Å². The molecule has 28 heavy (non-hydrogen) atoms. The standard InChI is InChI=1S/C22H28N4O2/c1-23(2)14-22-15-25(20(27)17-8-5-4-6-9-17)12-18(22)13-26(16-22)21(28)19-10-7-11-24(19)3/h4-11,18H,12-16H2,1-3H3/t18-,22+/m1/s1. The average Bonchev–Trinajstić information content (AvgIpc) is 3.32. The van der Waals surface area contributed by atoms with Crippen molar-refractivity contribution in [3.63, 3.8) is 0 Å². The molecule has 1 aromatic carbocycles. The molecular weight excluding hydrogens is 352 g/mol. The van der Waals surface area contributed by atoms with Crippen LogP contribution in [0.1, 0.15) is 20.8 Å². The third-order valence-corrected chi connectivity index (χ3v) is 6.15. The summed E-state index contributed by atoms with van der Waals surface area (Å²) in [5.74, 6) is 0.473. The van der Waals surface area contributed by atoms with Crippen molar-refractivity contribution in [1.82, 2.24) is 19.3 Å². The maximum Gasteiger partial charge on any atom is 0.270 e. The lowest BCUT2D eigenvalue weighted by molar-refractivity contribution is 0.0696. The number of amides is 2. The zero-order valence-corrected chi connectivity index (χ0v) is 16.8. The molecule has 4 rings (SSSR count). The van der Waals surface area contributed by atoms with Crippen LogP contribution in [0.25, 0.3) is 0 Å². The Hall–Kier alpha value is -2.60. The maximum absolute atomic E-state index is 13.0. The van der Waals surface area contributed by atoms with E-state index in [1.54, 1.807) is 0 Å². The van der Waals surface area contributed by atoms with Gasteiger partial charge in [-0.2, -0.15) is 0 Å². The van der Waals surface area contributed by atoms with Crippen molar-refractivity contribution >= 4 is 11.8 Å². The molecule has 148 valence electrons. The van der Waals surface area contributed by atoms with Gasteiger partial charge in [0, 0.05) is 62.9 Å². The monoisotopic (exact) mass is 380 g/mol. The van der Waals surface area contributed by atoms with Crippen molar-refractivity contribution in [2.75, 3.05) is 46.8 Å². The largest absolute Gasteiger partial charge is 0.347 e. The van der Waals surface area contributed by atoms with Gasteiger partial charge in [-0.05, 0) is 38.4 Å². The van der Waals surface area contributed by atoms with Gasteiger partial charge in [-0.3, -0.25) is 9.59 Å². The first kappa shape index (κ1) is 18.7. The van der Waals surface area contributed by atoms with Crippen LogP contribution in [0.5, 0.6) is 0 Å². The topological polar surface area (TPSA) is 48.8 Å². The number of benzene rings is 1. The average molecular weight is 380 g/mol. The molecule has 0 aliphatic carbocycles. The fourth-order valence-electron chi connectivity index (χ4n) is 4.95. The minimum atomic E-state index is -0.0746. The number of fused-ring (bicyclic) bond motifs is 1. The summed E-state index contributed by atoms with van der Waals surface area (Å²) in [5, 5.41) is 0. The van der Waals surface area contributed by atoms with Crippen LogP contribution in [0.2, 0.25) is 0 Å². The van der Waals surface area contributed by atoms with Crippen molar-refractivity contribution < 1.29 is 9.59 Å². The SMILES string of the molecule is CN(C)C[C@@]12CN(C(=O)c3ccccc3)C[C@@H]1CN(C(=O)c1cccn1C)C2. The Morgan fingerprint density at radius 3 is 2.21 bits per heavy atom. The van der Waals surface area contributed by atoms with Gasteiger partial charge in [-0.1, -0.05) is 18.2 Å². The molecule has 3 heterocycles. The quantitative estimate of drug-likeness (QED) is 0.813. The Kier molecular flexibility index (Phi) is 4.75. The molecule has 6 heteroatoms. The first-order chi connectivity index (χ1) is 13.4. The zero-order valence-electron chi connectivity index (χ0n) is 16.8. The predicted molar refractivity (Wildman–Crippen MR) is 108 cm³/mol. The van der Waals surface area contributed by atoms with E-state index in [1.165, 1.54) is 0 Å². The van der Waals surface area contributed by atoms with Crippen LogP contribution in [0.3, 0.4) is 0 Å². The van der Waals surface area contributed by atoms with Crippen molar-refractivity contribution in [1.29, 1.82) is 0 Å². The molecule has 0 saturated carbocycles. The minimum Gasteiger partial charge on any atom is -0.347 e. The molecular formula is C22H28N4O2. The van der Waals surface area contributed by atoms with Crippen LogP contribution in [0.15, 0.2) is 48.7 Å². The van der Waals surface area contributed by atoms with Gasteiger partial charge in [-0.15, -0.1) is 0 Å². The fraction of sp³-hybridized carbons (Fsp3) is 0.455. The highest BCUT2D eigenvalue weighted by molar-refractivity contribution is 5.95. The molecule has 2 saturated heterocycles. The molecule has 0 unspecified atom stereocenters. The molecule has 2 atom stereocenters. The zero-order chi connectivity index (χ0) is 19.9. The fourth-order valence-corrected chi connectivity index (χ4v) is 4.95. The Bertz CT molecular complexity index is 876. The molecule has 2 amide bonds. The van der Waals surface area contributed by atoms with Crippen LogP contribution in [0.4, 0.5) is 0 Å². The number of likely N-dealkylation sites (tertiary alicyclic amines) is 2.